The zero-order chi connectivity index (χ0) is 38.6. The smallest absolute Gasteiger partial charge is 0.296 e. The highest BCUT2D eigenvalue weighted by Gasteiger charge is 2.28. The molecule has 0 aliphatic carbocycles. The van der Waals surface area contributed by atoms with Gasteiger partial charge in [0.2, 0.25) is 0 Å². The van der Waals surface area contributed by atoms with Crippen LogP contribution in [0.15, 0.2) is 111 Å². The number of aromatic hydroxyl groups is 2. The Labute approximate surface area is 292 Å². The average molecular weight is 796 g/mol. The van der Waals surface area contributed by atoms with Gasteiger partial charge >= 0.3 is 0 Å². The summed E-state index contributed by atoms with van der Waals surface area (Å²) >= 11 is 0. The minimum Gasteiger partial charge on any atom is -0.505 e. The lowest BCUT2D eigenvalue weighted by Crippen LogP contribution is -2.03. The third-order valence-electron chi connectivity index (χ3n) is 7.05. The van der Waals surface area contributed by atoms with Gasteiger partial charge in [-0.05, 0) is 53.2 Å². The molecule has 52 heavy (non-hydrogen) atoms. The number of nitrogens with two attached hydrogens (primary N) is 1. The molecule has 0 radical (unpaired) electrons. The van der Waals surface area contributed by atoms with Gasteiger partial charge in [0.15, 0.2) is 11.5 Å². The zero-order valence-electron chi connectivity index (χ0n) is 25.6. The van der Waals surface area contributed by atoms with Crippen molar-refractivity contribution in [3.63, 3.8) is 0 Å². The molecule has 0 atom stereocenters. The molecule has 0 saturated heterocycles. The topological polar surface area (TPSA) is 358 Å². The Kier molecular flexibility index (Phi) is 9.58. The quantitative estimate of drug-likeness (QED) is 0.0548. The van der Waals surface area contributed by atoms with Crippen LogP contribution < -0.4 is 5.73 Å². The second-order valence-corrected chi connectivity index (χ2v) is 15.9. The highest BCUT2D eigenvalue weighted by atomic mass is 32.2. The molecule has 0 amide bonds. The van der Waals surface area contributed by atoms with Gasteiger partial charge in [-0.15, -0.1) is 15.3 Å². The van der Waals surface area contributed by atoms with Crippen molar-refractivity contribution in [1.82, 2.24) is 0 Å². The average Bonchev–Trinajstić information content (AvgIpc) is 3.03. The molecular formula is C27H21N7O14S4. The normalized spacial score (nSPS) is 13.3. The Hall–Kier alpha value is -5.54. The summed E-state index contributed by atoms with van der Waals surface area (Å²) in [6, 6.07) is 10.3. The standard InChI is InChI=1S/C27H21N7O14S4/c1-29-32-25-20(52(46,47)48)10-13-9-18(50(40,41)42)23(22(28)21(13)27(25)36)33-30-14-7-6-12-8-19(51(43,44)45)24(26(35)15(12)11-14)34-31-16-4-2-3-5-17(16)49(37,38)39/h2-11,35-36H,28H2,1H3,(H,37,38,39)(H,40,41,42)(H,43,44,45)(H,46,47,48). The maximum Gasteiger partial charge on any atom is 0.296 e. The molecule has 21 nitrogen and oxygen atoms in total. The van der Waals surface area contributed by atoms with Crippen LogP contribution in [0.25, 0.3) is 21.5 Å². The van der Waals surface area contributed by atoms with E-state index in [1.54, 1.807) is 0 Å². The molecule has 0 aliphatic rings. The van der Waals surface area contributed by atoms with E-state index in [0.29, 0.717) is 12.1 Å². The summed E-state index contributed by atoms with van der Waals surface area (Å²) in [5.74, 6) is -1.91. The third kappa shape index (κ3) is 7.27. The van der Waals surface area contributed by atoms with Crippen molar-refractivity contribution in [3.8, 4) is 11.5 Å². The molecule has 5 aromatic carbocycles. The molecule has 0 unspecified atom stereocenters. The van der Waals surface area contributed by atoms with Crippen molar-refractivity contribution in [1.29, 1.82) is 0 Å². The van der Waals surface area contributed by atoms with Gasteiger partial charge in [-0.2, -0.15) is 49.0 Å². The SMILES string of the molecule is CN=Nc1c(S(=O)(=O)O)cc2cc(S(=O)(=O)O)c(N=Nc3ccc4cc(S(=O)(=O)O)c(N=Nc5ccccc5S(=O)(=O)O)c(O)c4c3)c(N)c2c1O. The summed E-state index contributed by atoms with van der Waals surface area (Å²) < 4.78 is 136. The van der Waals surface area contributed by atoms with Crippen LogP contribution in [0.4, 0.5) is 34.1 Å². The Bertz CT molecular complexity index is 2900. The fourth-order valence-corrected chi connectivity index (χ4v) is 7.47. The van der Waals surface area contributed by atoms with E-state index in [1.807, 2.05) is 0 Å². The van der Waals surface area contributed by atoms with Crippen molar-refractivity contribution in [2.45, 2.75) is 19.6 Å². The van der Waals surface area contributed by atoms with Crippen molar-refractivity contribution in [2.24, 2.45) is 30.7 Å². The number of hydrogen-bond acceptors (Lipinski definition) is 17. The van der Waals surface area contributed by atoms with Crippen LogP contribution in [-0.4, -0.2) is 69.1 Å². The van der Waals surface area contributed by atoms with Crippen molar-refractivity contribution in [3.05, 3.63) is 60.7 Å². The van der Waals surface area contributed by atoms with Gasteiger partial charge in [0, 0.05) is 12.4 Å². The first-order chi connectivity index (χ1) is 24.0. The Balaban J connectivity index is 1.72. The number of anilines is 1. The Morgan fingerprint density at radius 2 is 1.04 bits per heavy atom. The zero-order valence-corrected chi connectivity index (χ0v) is 28.9. The summed E-state index contributed by atoms with van der Waals surface area (Å²) in [5.41, 5.74) is 2.39. The van der Waals surface area contributed by atoms with Crippen LogP contribution in [0, 0.1) is 0 Å². The van der Waals surface area contributed by atoms with Crippen molar-refractivity contribution < 1.29 is 62.1 Å². The number of azo groups is 3. The molecule has 25 heteroatoms. The summed E-state index contributed by atoms with van der Waals surface area (Å²) in [5, 5.41) is 42.7. The molecule has 8 N–H and O–H groups in total. The van der Waals surface area contributed by atoms with Crippen LogP contribution in [0.2, 0.25) is 0 Å². The minimum atomic E-state index is -5.21. The number of nitrogen functional groups attached to an aromatic ring is 1. The predicted molar refractivity (Wildman–Crippen MR) is 180 cm³/mol. The third-order valence-corrected chi connectivity index (χ3v) is 10.6. The first kappa shape index (κ1) is 37.7. The second-order valence-electron chi connectivity index (χ2n) is 10.4. The summed E-state index contributed by atoms with van der Waals surface area (Å²) in [6.07, 6.45) is 0. The van der Waals surface area contributed by atoms with E-state index < -0.39 is 111 Å². The Morgan fingerprint density at radius 1 is 0.538 bits per heavy atom. The largest absolute Gasteiger partial charge is 0.505 e. The van der Waals surface area contributed by atoms with Crippen molar-refractivity contribution in [2.75, 3.05) is 12.8 Å². The van der Waals surface area contributed by atoms with Crippen LogP contribution in [0.1, 0.15) is 0 Å². The van der Waals surface area contributed by atoms with Gasteiger partial charge in [0.1, 0.15) is 42.3 Å². The molecule has 0 spiro atoms. The summed E-state index contributed by atoms with van der Waals surface area (Å²) in [7, 11) is -19.1. The van der Waals surface area contributed by atoms with Crippen molar-refractivity contribution >= 4 is 96.1 Å². The summed E-state index contributed by atoms with van der Waals surface area (Å²) in [6.45, 7) is 0. The van der Waals surface area contributed by atoms with Crippen LogP contribution in [0.5, 0.6) is 11.5 Å². The number of phenols is 2. The second kappa shape index (κ2) is 13.2. The van der Waals surface area contributed by atoms with E-state index in [1.165, 1.54) is 24.3 Å². The van der Waals surface area contributed by atoms with E-state index in [2.05, 4.69) is 30.7 Å². The van der Waals surface area contributed by atoms with Crippen LogP contribution in [0.3, 0.4) is 0 Å². The lowest BCUT2D eigenvalue weighted by Gasteiger charge is -2.14. The highest BCUT2D eigenvalue weighted by Crippen LogP contribution is 2.48. The predicted octanol–water partition coefficient (Wildman–Crippen LogP) is 5.52. The molecule has 0 heterocycles. The van der Waals surface area contributed by atoms with Gasteiger partial charge in [-0.1, -0.05) is 18.2 Å². The molecular weight excluding hydrogens is 775 g/mol. The molecule has 0 bridgehead atoms. The van der Waals surface area contributed by atoms with Gasteiger partial charge in [-0.25, -0.2) is 0 Å². The van der Waals surface area contributed by atoms with E-state index in [4.69, 9.17) is 5.73 Å². The lowest BCUT2D eigenvalue weighted by atomic mass is 10.1. The number of fused-ring (bicyclic) bond motifs is 2. The minimum absolute atomic E-state index is 0.0395. The molecule has 0 fully saturated rings. The van der Waals surface area contributed by atoms with E-state index in [9.17, 15) is 62.1 Å². The number of phenolic OH excluding ortho intramolecular Hbond substituents is 2. The molecule has 0 saturated carbocycles. The van der Waals surface area contributed by atoms with E-state index in [-0.39, 0.29) is 16.5 Å². The Morgan fingerprint density at radius 3 is 1.60 bits per heavy atom. The van der Waals surface area contributed by atoms with E-state index >= 15 is 0 Å². The molecule has 0 aliphatic heterocycles. The molecule has 272 valence electrons. The molecule has 5 aromatic rings. The van der Waals surface area contributed by atoms with Crippen LogP contribution >= 0.6 is 0 Å². The van der Waals surface area contributed by atoms with Gasteiger partial charge in [0.05, 0.1) is 16.8 Å². The first-order valence-electron chi connectivity index (χ1n) is 13.6. The van der Waals surface area contributed by atoms with Gasteiger partial charge < -0.3 is 15.9 Å². The maximum absolute atomic E-state index is 12.4. The number of benzene rings is 5. The first-order valence-corrected chi connectivity index (χ1v) is 19.3. The maximum atomic E-state index is 12.4. The van der Waals surface area contributed by atoms with Crippen LogP contribution in [-0.2, 0) is 40.5 Å². The highest BCUT2D eigenvalue weighted by molar-refractivity contribution is 7.86. The molecule has 5 rings (SSSR count). The van der Waals surface area contributed by atoms with Gasteiger partial charge in [-0.3, -0.25) is 18.2 Å². The monoisotopic (exact) mass is 795 g/mol. The van der Waals surface area contributed by atoms with E-state index in [0.717, 1.165) is 31.3 Å². The van der Waals surface area contributed by atoms with Gasteiger partial charge in [0.25, 0.3) is 40.5 Å². The number of hydrogen-bond donors (Lipinski definition) is 7. The summed E-state index contributed by atoms with van der Waals surface area (Å²) in [4.78, 5) is -3.68. The number of rotatable bonds is 9. The lowest BCUT2D eigenvalue weighted by molar-refractivity contribution is 0.471. The number of nitrogens with zero attached hydrogens (tertiary/aromatic N) is 6. The fourth-order valence-electron chi connectivity index (χ4n) is 4.86. The molecule has 0 aromatic heterocycles. The fraction of sp³-hybridized carbons (Fsp3) is 0.0370.